The molecule has 0 saturated heterocycles. The van der Waals surface area contributed by atoms with Crippen molar-refractivity contribution in [1.29, 1.82) is 0 Å². The van der Waals surface area contributed by atoms with Gasteiger partial charge in [-0.2, -0.15) is 0 Å². The van der Waals surface area contributed by atoms with E-state index in [1.54, 1.807) is 0 Å². The molecular formula is C15H22O. The normalized spacial score (nSPS) is 13.1. The molecule has 0 aromatic heterocycles. The molecule has 0 bridgehead atoms. The zero-order chi connectivity index (χ0) is 11.6. The van der Waals surface area contributed by atoms with E-state index in [0.29, 0.717) is 0 Å². The fourth-order valence-corrected chi connectivity index (χ4v) is 1.67. The lowest BCUT2D eigenvalue weighted by atomic mass is 10.1. The predicted octanol–water partition coefficient (Wildman–Crippen LogP) is 4.25. The molecule has 0 saturated carbocycles. The maximum Gasteiger partial charge on any atom is 0.0824 e. The first-order chi connectivity index (χ1) is 7.84. The third-order valence-corrected chi connectivity index (χ3v) is 2.68. The minimum absolute atomic E-state index is 0.358. The Hall–Kier alpha value is -1.08. The Labute approximate surface area is 98.8 Å². The first-order valence-electron chi connectivity index (χ1n) is 6.22. The van der Waals surface area contributed by atoms with Crippen LogP contribution in [0.2, 0.25) is 0 Å². The molecule has 0 aliphatic rings. The number of benzene rings is 1. The lowest BCUT2D eigenvalue weighted by Gasteiger charge is -2.07. The van der Waals surface area contributed by atoms with Gasteiger partial charge in [-0.3, -0.25) is 0 Å². The Balaban J connectivity index is 2.22. The van der Waals surface area contributed by atoms with Gasteiger partial charge >= 0.3 is 0 Å². The summed E-state index contributed by atoms with van der Waals surface area (Å²) in [5, 5.41) is 9.87. The Morgan fingerprint density at radius 2 is 1.88 bits per heavy atom. The number of rotatable bonds is 7. The summed E-state index contributed by atoms with van der Waals surface area (Å²) in [5.41, 5.74) is 1.00. The van der Waals surface area contributed by atoms with Crippen molar-refractivity contribution in [2.24, 2.45) is 0 Å². The van der Waals surface area contributed by atoms with Crippen molar-refractivity contribution >= 4 is 0 Å². The first-order valence-corrected chi connectivity index (χ1v) is 6.22. The molecule has 0 heterocycles. The second kappa shape index (κ2) is 8.12. The van der Waals surface area contributed by atoms with E-state index in [1.807, 2.05) is 30.3 Å². The number of hydrogen-bond acceptors (Lipinski definition) is 1. The summed E-state index contributed by atoms with van der Waals surface area (Å²) in [5.74, 6) is 0. The molecule has 0 amide bonds. The van der Waals surface area contributed by atoms with E-state index >= 15 is 0 Å². The Kier molecular flexibility index (Phi) is 6.59. The van der Waals surface area contributed by atoms with Crippen LogP contribution in [0.15, 0.2) is 42.5 Å². The van der Waals surface area contributed by atoms with Gasteiger partial charge in [0.1, 0.15) is 0 Å². The molecule has 1 rings (SSSR count). The van der Waals surface area contributed by atoms with Crippen LogP contribution in [0, 0.1) is 0 Å². The minimum atomic E-state index is -0.358. The van der Waals surface area contributed by atoms with Crippen LogP contribution in [0.4, 0.5) is 0 Å². The second-order valence-corrected chi connectivity index (χ2v) is 4.13. The number of hydrogen-bond donors (Lipinski definition) is 1. The van der Waals surface area contributed by atoms with Crippen molar-refractivity contribution in [3.8, 4) is 0 Å². The standard InChI is InChI=1S/C15H22O/c1-2-3-4-5-6-10-13-15(16)14-11-8-7-9-12-14/h6-12,15-16H,2-5,13H2,1H3/b10-6+. The molecule has 16 heavy (non-hydrogen) atoms. The molecule has 1 N–H and O–H groups in total. The van der Waals surface area contributed by atoms with Crippen molar-refractivity contribution < 1.29 is 5.11 Å². The zero-order valence-corrected chi connectivity index (χ0v) is 10.1. The van der Waals surface area contributed by atoms with E-state index in [-0.39, 0.29) is 6.10 Å². The highest BCUT2D eigenvalue weighted by molar-refractivity contribution is 5.17. The molecule has 0 spiro atoms. The van der Waals surface area contributed by atoms with Gasteiger partial charge in [-0.05, 0) is 24.8 Å². The van der Waals surface area contributed by atoms with E-state index < -0.39 is 0 Å². The van der Waals surface area contributed by atoms with Crippen molar-refractivity contribution in [2.45, 2.75) is 45.1 Å². The topological polar surface area (TPSA) is 20.2 Å². The fraction of sp³-hybridized carbons (Fsp3) is 0.467. The number of unbranched alkanes of at least 4 members (excludes halogenated alkanes) is 3. The van der Waals surface area contributed by atoms with E-state index in [9.17, 15) is 5.11 Å². The zero-order valence-electron chi connectivity index (χ0n) is 10.1. The van der Waals surface area contributed by atoms with Crippen molar-refractivity contribution in [3.63, 3.8) is 0 Å². The van der Waals surface area contributed by atoms with E-state index in [2.05, 4.69) is 19.1 Å². The monoisotopic (exact) mass is 218 g/mol. The summed E-state index contributed by atoms with van der Waals surface area (Å²) >= 11 is 0. The van der Waals surface area contributed by atoms with Crippen LogP contribution in [0.5, 0.6) is 0 Å². The van der Waals surface area contributed by atoms with Crippen LogP contribution in [-0.4, -0.2) is 5.11 Å². The molecule has 0 aliphatic carbocycles. The summed E-state index contributed by atoms with van der Waals surface area (Å²) in [7, 11) is 0. The Morgan fingerprint density at radius 3 is 2.56 bits per heavy atom. The smallest absolute Gasteiger partial charge is 0.0824 e. The van der Waals surface area contributed by atoms with E-state index in [4.69, 9.17) is 0 Å². The van der Waals surface area contributed by atoms with Gasteiger partial charge in [0.05, 0.1) is 6.10 Å². The van der Waals surface area contributed by atoms with Crippen molar-refractivity contribution in [2.75, 3.05) is 0 Å². The maximum absolute atomic E-state index is 9.87. The van der Waals surface area contributed by atoms with Gasteiger partial charge < -0.3 is 5.11 Å². The number of aliphatic hydroxyl groups excluding tert-OH is 1. The highest BCUT2D eigenvalue weighted by atomic mass is 16.3. The van der Waals surface area contributed by atoms with Gasteiger partial charge in [0.2, 0.25) is 0 Å². The second-order valence-electron chi connectivity index (χ2n) is 4.13. The van der Waals surface area contributed by atoms with Crippen LogP contribution in [0.1, 0.15) is 50.7 Å². The molecular weight excluding hydrogens is 196 g/mol. The van der Waals surface area contributed by atoms with Crippen LogP contribution in [-0.2, 0) is 0 Å². The molecule has 1 unspecified atom stereocenters. The van der Waals surface area contributed by atoms with E-state index in [1.165, 1.54) is 19.3 Å². The largest absolute Gasteiger partial charge is 0.388 e. The molecule has 1 aromatic carbocycles. The fourth-order valence-electron chi connectivity index (χ4n) is 1.67. The average molecular weight is 218 g/mol. The van der Waals surface area contributed by atoms with Crippen LogP contribution in [0.25, 0.3) is 0 Å². The molecule has 1 aromatic rings. The summed E-state index contributed by atoms with van der Waals surface area (Å²) in [6.45, 7) is 2.21. The van der Waals surface area contributed by atoms with Crippen LogP contribution >= 0.6 is 0 Å². The molecule has 0 radical (unpaired) electrons. The van der Waals surface area contributed by atoms with Gasteiger partial charge in [-0.15, -0.1) is 0 Å². The SMILES string of the molecule is CCCCC/C=C/CC(O)c1ccccc1. The molecule has 1 atom stereocenters. The lowest BCUT2D eigenvalue weighted by molar-refractivity contribution is 0.181. The first kappa shape index (κ1) is 13.0. The van der Waals surface area contributed by atoms with Gasteiger partial charge in [0, 0.05) is 0 Å². The summed E-state index contributed by atoms with van der Waals surface area (Å²) in [4.78, 5) is 0. The van der Waals surface area contributed by atoms with Crippen LogP contribution in [0.3, 0.4) is 0 Å². The quantitative estimate of drug-likeness (QED) is 0.536. The summed E-state index contributed by atoms with van der Waals surface area (Å²) in [6.07, 6.45) is 9.59. The third-order valence-electron chi connectivity index (χ3n) is 2.68. The molecule has 88 valence electrons. The molecule has 1 nitrogen and oxygen atoms in total. The van der Waals surface area contributed by atoms with Gasteiger partial charge in [0.15, 0.2) is 0 Å². The number of aliphatic hydroxyl groups is 1. The van der Waals surface area contributed by atoms with Gasteiger partial charge in [-0.1, -0.05) is 62.2 Å². The van der Waals surface area contributed by atoms with Gasteiger partial charge in [0.25, 0.3) is 0 Å². The van der Waals surface area contributed by atoms with Crippen molar-refractivity contribution in [1.82, 2.24) is 0 Å². The summed E-state index contributed by atoms with van der Waals surface area (Å²) < 4.78 is 0. The third kappa shape index (κ3) is 5.13. The van der Waals surface area contributed by atoms with Crippen LogP contribution < -0.4 is 0 Å². The van der Waals surface area contributed by atoms with Crippen molar-refractivity contribution in [3.05, 3.63) is 48.0 Å². The highest BCUT2D eigenvalue weighted by Gasteiger charge is 2.02. The predicted molar refractivity (Wildman–Crippen MR) is 69.3 cm³/mol. The molecule has 0 aliphatic heterocycles. The van der Waals surface area contributed by atoms with Gasteiger partial charge in [-0.25, -0.2) is 0 Å². The minimum Gasteiger partial charge on any atom is -0.388 e. The number of allylic oxidation sites excluding steroid dienone is 1. The highest BCUT2D eigenvalue weighted by Crippen LogP contribution is 2.16. The summed E-state index contributed by atoms with van der Waals surface area (Å²) in [6, 6.07) is 9.83. The molecule has 0 fully saturated rings. The Bertz CT molecular complexity index is 290. The average Bonchev–Trinajstić information content (AvgIpc) is 2.34. The lowest BCUT2D eigenvalue weighted by Crippen LogP contribution is -1.94. The Morgan fingerprint density at radius 1 is 1.12 bits per heavy atom. The van der Waals surface area contributed by atoms with E-state index in [0.717, 1.165) is 18.4 Å². The maximum atomic E-state index is 9.87. The molecule has 1 heteroatoms.